The molecule has 0 atom stereocenters. The number of imidazole rings is 1. The molecule has 0 radical (unpaired) electrons. The van der Waals surface area contributed by atoms with Crippen LogP contribution >= 0.6 is 31.9 Å². The predicted octanol–water partition coefficient (Wildman–Crippen LogP) is 2.74. The molecule has 0 unspecified atom stereocenters. The van der Waals surface area contributed by atoms with Crippen molar-refractivity contribution in [3.63, 3.8) is 0 Å². The van der Waals surface area contributed by atoms with Gasteiger partial charge in [0, 0.05) is 6.54 Å². The molecule has 56 valence electrons. The van der Waals surface area contributed by atoms with E-state index in [1.54, 1.807) is 0 Å². The van der Waals surface area contributed by atoms with Crippen molar-refractivity contribution in [2.75, 3.05) is 0 Å². The summed E-state index contributed by atoms with van der Waals surface area (Å²) in [7, 11) is 0. The van der Waals surface area contributed by atoms with Gasteiger partial charge >= 0.3 is 0 Å². The van der Waals surface area contributed by atoms with Gasteiger partial charge in [-0.2, -0.15) is 0 Å². The number of hydrogen-bond donors (Lipinski definition) is 0. The summed E-state index contributed by atoms with van der Waals surface area (Å²) >= 11 is 6.74. The van der Waals surface area contributed by atoms with Crippen LogP contribution in [-0.2, 0) is 6.54 Å². The number of aryl methyl sites for hydroxylation is 1. The molecule has 2 nitrogen and oxygen atoms in total. The molecule has 0 saturated heterocycles. The molecule has 0 bridgehead atoms. The molecule has 0 amide bonds. The first kappa shape index (κ1) is 8.27. The number of rotatable bonds is 1. The zero-order chi connectivity index (χ0) is 7.72. The minimum absolute atomic E-state index is 0.881. The van der Waals surface area contributed by atoms with Crippen LogP contribution in [0.4, 0.5) is 0 Å². The van der Waals surface area contributed by atoms with E-state index in [2.05, 4.69) is 48.3 Å². The average Bonchev–Trinajstić information content (AvgIpc) is 2.09. The Hall–Kier alpha value is 0.170. The van der Waals surface area contributed by atoms with Gasteiger partial charge in [0.25, 0.3) is 0 Å². The van der Waals surface area contributed by atoms with Gasteiger partial charge in [-0.15, -0.1) is 0 Å². The quantitative estimate of drug-likeness (QED) is 0.765. The summed E-state index contributed by atoms with van der Waals surface area (Å²) in [5.74, 6) is 1.03. The van der Waals surface area contributed by atoms with Crippen LogP contribution in [-0.4, -0.2) is 9.55 Å². The van der Waals surface area contributed by atoms with Crippen molar-refractivity contribution < 1.29 is 0 Å². The van der Waals surface area contributed by atoms with Crippen LogP contribution in [0.5, 0.6) is 0 Å². The Balaban J connectivity index is 3.20. The summed E-state index contributed by atoms with van der Waals surface area (Å²) in [6, 6.07) is 0. The second-order valence-corrected chi connectivity index (χ2v) is 3.49. The Morgan fingerprint density at radius 1 is 1.50 bits per heavy atom. The number of nitrogens with zero attached hydrogens (tertiary/aromatic N) is 2. The van der Waals surface area contributed by atoms with Gasteiger partial charge in [0.2, 0.25) is 0 Å². The largest absolute Gasteiger partial charge is 0.322 e. The molecule has 10 heavy (non-hydrogen) atoms. The Bertz CT molecular complexity index is 242. The van der Waals surface area contributed by atoms with Crippen LogP contribution in [0.3, 0.4) is 0 Å². The molecule has 1 aromatic heterocycles. The lowest BCUT2D eigenvalue weighted by atomic mass is 10.6. The molecule has 1 aromatic rings. The van der Waals surface area contributed by atoms with E-state index in [4.69, 9.17) is 0 Å². The van der Waals surface area contributed by atoms with Crippen molar-refractivity contribution in [2.45, 2.75) is 20.4 Å². The normalized spacial score (nSPS) is 10.4. The summed E-state index contributed by atoms with van der Waals surface area (Å²) in [5, 5.41) is 0. The highest BCUT2D eigenvalue weighted by atomic mass is 79.9. The maximum absolute atomic E-state index is 4.21. The zero-order valence-electron chi connectivity index (χ0n) is 5.86. The summed E-state index contributed by atoms with van der Waals surface area (Å²) in [4.78, 5) is 4.21. The maximum Gasteiger partial charge on any atom is 0.139 e. The summed E-state index contributed by atoms with van der Waals surface area (Å²) in [6.07, 6.45) is 0. The number of aromatic nitrogens is 2. The van der Waals surface area contributed by atoms with Crippen molar-refractivity contribution in [1.82, 2.24) is 9.55 Å². The van der Waals surface area contributed by atoms with Crippen molar-refractivity contribution in [1.29, 1.82) is 0 Å². The Kier molecular flexibility index (Phi) is 2.52. The molecule has 0 spiro atoms. The molecule has 1 rings (SSSR count). The molecule has 0 saturated carbocycles. The van der Waals surface area contributed by atoms with E-state index >= 15 is 0 Å². The van der Waals surface area contributed by atoms with Crippen LogP contribution in [0.1, 0.15) is 12.7 Å². The van der Waals surface area contributed by atoms with Gasteiger partial charge in [0.1, 0.15) is 15.0 Å². The van der Waals surface area contributed by atoms with E-state index in [9.17, 15) is 0 Å². The molecular formula is C6H8Br2N2. The fraction of sp³-hybridized carbons (Fsp3) is 0.500. The molecular weight excluding hydrogens is 260 g/mol. The van der Waals surface area contributed by atoms with Crippen molar-refractivity contribution in [3.05, 3.63) is 15.0 Å². The van der Waals surface area contributed by atoms with E-state index in [1.807, 2.05) is 6.92 Å². The van der Waals surface area contributed by atoms with Gasteiger partial charge in [-0.05, 0) is 45.7 Å². The molecule has 0 aromatic carbocycles. The third-order valence-corrected chi connectivity index (χ3v) is 3.26. The topological polar surface area (TPSA) is 17.8 Å². The molecule has 0 aliphatic rings. The summed E-state index contributed by atoms with van der Waals surface area (Å²) in [6.45, 7) is 5.02. The fourth-order valence-corrected chi connectivity index (χ4v) is 1.94. The van der Waals surface area contributed by atoms with E-state index in [1.165, 1.54) is 0 Å². The van der Waals surface area contributed by atoms with Gasteiger partial charge in [0.05, 0.1) is 0 Å². The van der Waals surface area contributed by atoms with E-state index in [0.717, 1.165) is 21.6 Å². The van der Waals surface area contributed by atoms with Crippen LogP contribution < -0.4 is 0 Å². The smallest absolute Gasteiger partial charge is 0.139 e. The van der Waals surface area contributed by atoms with Gasteiger partial charge in [0.15, 0.2) is 0 Å². The monoisotopic (exact) mass is 266 g/mol. The summed E-state index contributed by atoms with van der Waals surface area (Å²) in [5.41, 5.74) is 0. The molecule has 0 aliphatic carbocycles. The Labute approximate surface area is 76.9 Å². The minimum Gasteiger partial charge on any atom is -0.322 e. The van der Waals surface area contributed by atoms with Crippen LogP contribution in [0.15, 0.2) is 9.21 Å². The Morgan fingerprint density at radius 3 is 2.30 bits per heavy atom. The molecule has 0 fully saturated rings. The zero-order valence-corrected chi connectivity index (χ0v) is 9.03. The second kappa shape index (κ2) is 3.05. The lowest BCUT2D eigenvalue weighted by Gasteiger charge is -1.99. The SMILES string of the molecule is CCn1c(C)nc(Br)c1Br. The highest BCUT2D eigenvalue weighted by molar-refractivity contribution is 9.13. The molecule has 0 N–H and O–H groups in total. The van der Waals surface area contributed by atoms with Crippen molar-refractivity contribution in [2.24, 2.45) is 0 Å². The van der Waals surface area contributed by atoms with Crippen LogP contribution in [0.2, 0.25) is 0 Å². The van der Waals surface area contributed by atoms with Gasteiger partial charge in [-0.25, -0.2) is 4.98 Å². The minimum atomic E-state index is 0.881. The fourth-order valence-electron chi connectivity index (χ4n) is 0.870. The molecule has 4 heteroatoms. The molecule has 1 heterocycles. The molecule has 0 aliphatic heterocycles. The first-order chi connectivity index (χ1) is 4.66. The van der Waals surface area contributed by atoms with E-state index in [-0.39, 0.29) is 0 Å². The number of halogens is 2. The van der Waals surface area contributed by atoms with Gasteiger partial charge in [-0.1, -0.05) is 0 Å². The highest BCUT2D eigenvalue weighted by Gasteiger charge is 2.06. The van der Waals surface area contributed by atoms with E-state index in [0.29, 0.717) is 0 Å². The standard InChI is InChI=1S/C6H8Br2N2/c1-3-10-4(2)9-5(7)6(10)8/h3H2,1-2H3. The second-order valence-electron chi connectivity index (χ2n) is 1.98. The average molecular weight is 268 g/mol. The maximum atomic E-state index is 4.21. The lowest BCUT2D eigenvalue weighted by molar-refractivity contribution is 0.715. The van der Waals surface area contributed by atoms with Crippen molar-refractivity contribution in [3.8, 4) is 0 Å². The lowest BCUT2D eigenvalue weighted by Crippen LogP contribution is -1.96. The van der Waals surface area contributed by atoms with E-state index < -0.39 is 0 Å². The Morgan fingerprint density at radius 2 is 2.10 bits per heavy atom. The van der Waals surface area contributed by atoms with Crippen molar-refractivity contribution >= 4 is 31.9 Å². The predicted molar refractivity (Wildman–Crippen MR) is 48.0 cm³/mol. The third kappa shape index (κ3) is 1.27. The highest BCUT2D eigenvalue weighted by Crippen LogP contribution is 2.22. The van der Waals surface area contributed by atoms with Crippen LogP contribution in [0, 0.1) is 6.92 Å². The summed E-state index contributed by atoms with van der Waals surface area (Å²) < 4.78 is 3.99. The number of hydrogen-bond acceptors (Lipinski definition) is 1. The van der Waals surface area contributed by atoms with Gasteiger partial charge in [-0.3, -0.25) is 0 Å². The first-order valence-corrected chi connectivity index (χ1v) is 4.63. The third-order valence-electron chi connectivity index (χ3n) is 1.37. The van der Waals surface area contributed by atoms with Crippen LogP contribution in [0.25, 0.3) is 0 Å². The van der Waals surface area contributed by atoms with Gasteiger partial charge < -0.3 is 4.57 Å². The first-order valence-electron chi connectivity index (χ1n) is 3.05.